The molecule has 0 saturated carbocycles. The van der Waals surface area contributed by atoms with Crippen LogP contribution in [0.2, 0.25) is 0 Å². The highest BCUT2D eigenvalue weighted by atomic mass is 127. The molecule has 1 N–H and O–H groups in total. The summed E-state index contributed by atoms with van der Waals surface area (Å²) >= 11 is 1.87. The number of aromatic amines is 1. The third-order valence-electron chi connectivity index (χ3n) is 5.41. The molecule has 35 heavy (non-hydrogen) atoms. The average Bonchev–Trinajstić information content (AvgIpc) is 3.47. The number of rotatable bonds is 5. The van der Waals surface area contributed by atoms with Crippen molar-refractivity contribution in [1.29, 1.82) is 0 Å². The number of carbonyl (C=O) groups excluding carboxylic acids is 1. The van der Waals surface area contributed by atoms with Crippen LogP contribution < -0.4 is 0 Å². The predicted molar refractivity (Wildman–Crippen MR) is 129 cm³/mol. The minimum Gasteiger partial charge on any atom is -0.285 e. The molecule has 0 unspecified atom stereocenters. The second-order valence-electron chi connectivity index (χ2n) is 7.90. The summed E-state index contributed by atoms with van der Waals surface area (Å²) < 4.78 is 66.6. The van der Waals surface area contributed by atoms with Gasteiger partial charge in [0, 0.05) is 24.1 Å². The number of benzene rings is 2. The van der Waals surface area contributed by atoms with E-state index in [1.807, 2.05) is 28.7 Å². The van der Waals surface area contributed by atoms with Crippen LogP contribution in [0.25, 0.3) is 22.0 Å². The SMILES string of the molecule is CC(=NC(=O)C(C)(F)F)[C@](I)(c1ccc(C(F)(F)F)cc1)n1ncc2cc(-c3cn[nH]c3)ccc21. The molecule has 2 heterocycles. The van der Waals surface area contributed by atoms with Crippen LogP contribution in [0.3, 0.4) is 0 Å². The molecule has 182 valence electrons. The number of aliphatic imine (C=N–C) groups is 1. The fraction of sp³-hybridized carbons (Fsp3) is 0.217. The normalized spacial score (nSPS) is 14.8. The lowest BCUT2D eigenvalue weighted by Crippen LogP contribution is -2.38. The van der Waals surface area contributed by atoms with Crippen LogP contribution in [0.4, 0.5) is 22.0 Å². The van der Waals surface area contributed by atoms with Crippen LogP contribution in [0.5, 0.6) is 0 Å². The van der Waals surface area contributed by atoms with E-state index in [9.17, 15) is 26.7 Å². The zero-order valence-electron chi connectivity index (χ0n) is 18.2. The third kappa shape index (κ3) is 4.70. The van der Waals surface area contributed by atoms with Gasteiger partial charge in [0.2, 0.25) is 0 Å². The molecule has 1 amide bonds. The van der Waals surface area contributed by atoms with Gasteiger partial charge in [-0.15, -0.1) is 0 Å². The van der Waals surface area contributed by atoms with Crippen LogP contribution >= 0.6 is 22.6 Å². The molecular weight excluding hydrogens is 584 g/mol. The summed E-state index contributed by atoms with van der Waals surface area (Å²) in [5, 5.41) is 11.7. The lowest BCUT2D eigenvalue weighted by Gasteiger charge is -2.30. The Morgan fingerprint density at radius 3 is 2.23 bits per heavy atom. The van der Waals surface area contributed by atoms with Gasteiger partial charge in [-0.25, -0.2) is 9.67 Å². The molecule has 1 atom stereocenters. The minimum atomic E-state index is -4.56. The highest BCUT2D eigenvalue weighted by molar-refractivity contribution is 14.1. The molecule has 6 nitrogen and oxygen atoms in total. The Balaban J connectivity index is 1.90. The van der Waals surface area contributed by atoms with Crippen molar-refractivity contribution in [2.75, 3.05) is 0 Å². The van der Waals surface area contributed by atoms with Gasteiger partial charge in [-0.05, 0) is 64.9 Å². The smallest absolute Gasteiger partial charge is 0.285 e. The molecule has 0 aliphatic rings. The molecule has 0 radical (unpaired) electrons. The monoisotopic (exact) mass is 601 g/mol. The molecule has 2 aromatic heterocycles. The summed E-state index contributed by atoms with van der Waals surface area (Å²) in [7, 11) is 0. The number of hydrogen-bond donors (Lipinski definition) is 1. The third-order valence-corrected chi connectivity index (χ3v) is 7.27. The number of nitrogens with zero attached hydrogens (tertiary/aromatic N) is 4. The molecule has 0 aliphatic carbocycles. The van der Waals surface area contributed by atoms with E-state index < -0.39 is 27.1 Å². The number of halogens is 6. The Labute approximate surface area is 209 Å². The quantitative estimate of drug-likeness (QED) is 0.128. The zero-order chi connectivity index (χ0) is 25.6. The highest BCUT2D eigenvalue weighted by Gasteiger charge is 2.40. The Kier molecular flexibility index (Phi) is 6.28. The molecule has 0 spiro atoms. The van der Waals surface area contributed by atoms with E-state index in [0.29, 0.717) is 17.8 Å². The number of amides is 1. The molecule has 12 heteroatoms. The average molecular weight is 601 g/mol. The molecule has 0 fully saturated rings. The topological polar surface area (TPSA) is 75.9 Å². The number of hydrogen-bond acceptors (Lipinski definition) is 3. The van der Waals surface area contributed by atoms with Gasteiger partial charge in [-0.1, -0.05) is 18.2 Å². The van der Waals surface area contributed by atoms with Crippen molar-refractivity contribution >= 4 is 45.1 Å². The molecule has 0 aliphatic heterocycles. The summed E-state index contributed by atoms with van der Waals surface area (Å²) in [6.07, 6.45) is 0.338. The molecular formula is C23H17F5IN5O. The minimum absolute atomic E-state index is 0.0757. The van der Waals surface area contributed by atoms with Crippen LogP contribution in [0.1, 0.15) is 25.0 Å². The van der Waals surface area contributed by atoms with Gasteiger partial charge < -0.3 is 0 Å². The van der Waals surface area contributed by atoms with Crippen molar-refractivity contribution in [2.45, 2.75) is 29.5 Å². The number of fused-ring (bicyclic) bond motifs is 1. The molecule has 0 saturated heterocycles. The molecule has 2 aromatic carbocycles. The number of H-pyrrole nitrogens is 1. The van der Waals surface area contributed by atoms with Crippen molar-refractivity contribution < 1.29 is 26.7 Å². The van der Waals surface area contributed by atoms with Gasteiger partial charge in [0.1, 0.15) is 0 Å². The predicted octanol–water partition coefficient (Wildman–Crippen LogP) is 6.22. The van der Waals surface area contributed by atoms with Crippen LogP contribution in [-0.4, -0.2) is 37.5 Å². The Morgan fingerprint density at radius 1 is 1.00 bits per heavy atom. The van der Waals surface area contributed by atoms with Gasteiger partial charge in [-0.2, -0.15) is 32.1 Å². The summed E-state index contributed by atoms with van der Waals surface area (Å²) in [6, 6.07) is 9.58. The van der Waals surface area contributed by atoms with Gasteiger partial charge in [-0.3, -0.25) is 9.89 Å². The summed E-state index contributed by atoms with van der Waals surface area (Å²) in [6.45, 7) is 1.79. The van der Waals surface area contributed by atoms with E-state index in [4.69, 9.17) is 0 Å². The Morgan fingerprint density at radius 2 is 1.66 bits per heavy atom. The fourth-order valence-corrected chi connectivity index (χ4v) is 4.42. The van der Waals surface area contributed by atoms with E-state index in [2.05, 4.69) is 20.3 Å². The van der Waals surface area contributed by atoms with Gasteiger partial charge in [0.25, 0.3) is 0 Å². The first-order chi connectivity index (χ1) is 16.3. The number of nitrogens with one attached hydrogen (secondary N) is 1. The second kappa shape index (κ2) is 8.81. The summed E-state index contributed by atoms with van der Waals surface area (Å²) in [4.78, 5) is 15.6. The summed E-state index contributed by atoms with van der Waals surface area (Å²) in [5.41, 5.74) is 1.54. The maximum atomic E-state index is 13.6. The first-order valence-electron chi connectivity index (χ1n) is 10.1. The Bertz CT molecular complexity index is 1410. The maximum Gasteiger partial charge on any atom is 0.416 e. The highest BCUT2D eigenvalue weighted by Crippen LogP contribution is 2.40. The van der Waals surface area contributed by atoms with E-state index in [0.717, 1.165) is 23.3 Å². The van der Waals surface area contributed by atoms with Crippen molar-refractivity contribution in [3.05, 3.63) is 72.2 Å². The largest absolute Gasteiger partial charge is 0.416 e. The Hall–Kier alpha value is -3.16. The van der Waals surface area contributed by atoms with Gasteiger partial charge >= 0.3 is 18.0 Å². The van der Waals surface area contributed by atoms with Crippen LogP contribution in [0, 0.1) is 0 Å². The maximum absolute atomic E-state index is 13.6. The van der Waals surface area contributed by atoms with Crippen molar-refractivity contribution in [3.8, 4) is 11.1 Å². The lowest BCUT2D eigenvalue weighted by molar-refractivity contribution is -0.139. The van der Waals surface area contributed by atoms with Crippen LogP contribution in [0.15, 0.2) is 66.0 Å². The van der Waals surface area contributed by atoms with Gasteiger partial charge in [0.15, 0.2) is 3.55 Å². The second-order valence-corrected chi connectivity index (χ2v) is 9.47. The van der Waals surface area contributed by atoms with E-state index in [1.165, 1.54) is 23.7 Å². The number of aromatic nitrogens is 4. The van der Waals surface area contributed by atoms with E-state index in [1.54, 1.807) is 30.7 Å². The number of carbonyl (C=O) groups is 1. The van der Waals surface area contributed by atoms with Gasteiger partial charge in [0.05, 0.1) is 29.2 Å². The van der Waals surface area contributed by atoms with Crippen molar-refractivity contribution in [3.63, 3.8) is 0 Å². The van der Waals surface area contributed by atoms with Crippen molar-refractivity contribution in [1.82, 2.24) is 20.0 Å². The molecule has 4 aromatic rings. The molecule has 0 bridgehead atoms. The van der Waals surface area contributed by atoms with E-state index >= 15 is 0 Å². The van der Waals surface area contributed by atoms with Crippen molar-refractivity contribution in [2.24, 2.45) is 4.99 Å². The lowest BCUT2D eigenvalue weighted by atomic mass is 10.00. The number of alkyl halides is 6. The summed E-state index contributed by atoms with van der Waals surface area (Å²) in [5.74, 6) is -5.38. The fourth-order valence-electron chi connectivity index (χ4n) is 3.56. The molecule has 4 rings (SSSR count). The van der Waals surface area contributed by atoms with E-state index in [-0.39, 0.29) is 11.3 Å². The first kappa shape index (κ1) is 24.9. The zero-order valence-corrected chi connectivity index (χ0v) is 20.4. The van der Waals surface area contributed by atoms with Crippen LogP contribution in [-0.2, 0) is 14.5 Å². The standard InChI is InChI=1S/C23H17F5IN5O/c1-13(33-20(35)21(2,24)25)22(29,17-4-6-18(7-5-17)23(26,27)28)34-19-8-3-14(9-15(19)12-32-34)16-10-30-31-11-16/h3-12H,1-2H3,(H,30,31)/t22-/m1/s1. The first-order valence-corrected chi connectivity index (χ1v) is 11.2.